The summed E-state index contributed by atoms with van der Waals surface area (Å²) in [5.74, 6) is -2.62. The van der Waals surface area contributed by atoms with Gasteiger partial charge in [-0.15, -0.1) is 11.6 Å². The SMILES string of the molecule is O=[N+]([O-])c1[nH]c(C(F)(F)F)nc1C[C@@H](O)CCl. The summed E-state index contributed by atoms with van der Waals surface area (Å²) in [4.78, 5) is 14.1. The van der Waals surface area contributed by atoms with Crippen LogP contribution in [0.15, 0.2) is 0 Å². The summed E-state index contributed by atoms with van der Waals surface area (Å²) in [6.07, 6.45) is -6.43. The van der Waals surface area contributed by atoms with Crippen LogP contribution < -0.4 is 0 Å². The Balaban J connectivity index is 3.10. The van der Waals surface area contributed by atoms with Gasteiger partial charge in [-0.05, 0) is 4.92 Å². The molecule has 10 heteroatoms. The number of imidazole rings is 1. The number of aromatic nitrogens is 2. The van der Waals surface area contributed by atoms with Gasteiger partial charge in [-0.1, -0.05) is 0 Å². The van der Waals surface area contributed by atoms with Crippen molar-refractivity contribution in [2.45, 2.75) is 18.7 Å². The lowest BCUT2D eigenvalue weighted by atomic mass is 10.2. The molecule has 0 bridgehead atoms. The van der Waals surface area contributed by atoms with Gasteiger partial charge in [0, 0.05) is 12.3 Å². The van der Waals surface area contributed by atoms with Gasteiger partial charge in [-0.2, -0.15) is 13.2 Å². The van der Waals surface area contributed by atoms with Gasteiger partial charge in [0.15, 0.2) is 0 Å². The molecule has 0 unspecified atom stereocenters. The van der Waals surface area contributed by atoms with E-state index in [1.807, 2.05) is 0 Å². The van der Waals surface area contributed by atoms with E-state index in [-0.39, 0.29) is 5.88 Å². The third-order valence-corrected chi connectivity index (χ3v) is 2.17. The topological polar surface area (TPSA) is 92.0 Å². The first-order valence-corrected chi connectivity index (χ1v) is 4.83. The first-order chi connectivity index (χ1) is 7.75. The number of aliphatic hydroxyl groups is 1. The van der Waals surface area contributed by atoms with E-state index >= 15 is 0 Å². The van der Waals surface area contributed by atoms with Gasteiger partial charge in [-0.3, -0.25) is 0 Å². The van der Waals surface area contributed by atoms with Crippen molar-refractivity contribution in [3.05, 3.63) is 21.6 Å². The molecule has 2 N–H and O–H groups in total. The maximum atomic E-state index is 12.3. The highest BCUT2D eigenvalue weighted by Crippen LogP contribution is 2.30. The highest BCUT2D eigenvalue weighted by molar-refractivity contribution is 6.18. The molecule has 0 fully saturated rings. The van der Waals surface area contributed by atoms with Crippen molar-refractivity contribution in [3.63, 3.8) is 0 Å². The molecule has 1 heterocycles. The number of halogens is 4. The van der Waals surface area contributed by atoms with Crippen LogP contribution in [-0.4, -0.2) is 32.0 Å². The third-order valence-electron chi connectivity index (χ3n) is 1.82. The van der Waals surface area contributed by atoms with Gasteiger partial charge in [0.2, 0.25) is 0 Å². The van der Waals surface area contributed by atoms with Gasteiger partial charge in [0.1, 0.15) is 5.69 Å². The summed E-state index contributed by atoms with van der Waals surface area (Å²) in [5, 5.41) is 19.6. The number of hydrogen-bond donors (Lipinski definition) is 2. The summed E-state index contributed by atoms with van der Waals surface area (Å²) in [6.45, 7) is 0. The summed E-state index contributed by atoms with van der Waals surface area (Å²) < 4.78 is 36.8. The zero-order valence-electron chi connectivity index (χ0n) is 8.16. The fourth-order valence-electron chi connectivity index (χ4n) is 1.11. The molecule has 1 rings (SSSR count). The second-order valence-corrected chi connectivity index (χ2v) is 3.46. The van der Waals surface area contributed by atoms with E-state index in [9.17, 15) is 23.3 Å². The molecule has 0 aliphatic carbocycles. The molecule has 0 saturated heterocycles. The Morgan fingerprint density at radius 3 is 2.59 bits per heavy atom. The molecule has 1 aromatic heterocycles. The average Bonchev–Trinajstić information content (AvgIpc) is 2.61. The summed E-state index contributed by atoms with van der Waals surface area (Å²) >= 11 is 5.25. The van der Waals surface area contributed by atoms with Crippen LogP contribution in [-0.2, 0) is 12.6 Å². The molecule has 1 atom stereocenters. The average molecular weight is 274 g/mol. The minimum atomic E-state index is -4.81. The Labute approximate surface area is 97.6 Å². The van der Waals surface area contributed by atoms with Crippen LogP contribution in [0.1, 0.15) is 11.5 Å². The Bertz CT molecular complexity index is 420. The smallest absolute Gasteiger partial charge is 0.391 e. The van der Waals surface area contributed by atoms with Crippen LogP contribution in [0.3, 0.4) is 0 Å². The Kier molecular flexibility index (Phi) is 3.94. The minimum absolute atomic E-state index is 0.259. The number of nitrogens with zero attached hydrogens (tertiary/aromatic N) is 2. The van der Waals surface area contributed by atoms with E-state index in [1.54, 1.807) is 4.98 Å². The number of aliphatic hydroxyl groups excluding tert-OH is 1. The van der Waals surface area contributed by atoms with Crippen LogP contribution >= 0.6 is 11.6 Å². The largest absolute Gasteiger partial charge is 0.473 e. The number of aromatic amines is 1. The Hall–Kier alpha value is -1.35. The molecule has 17 heavy (non-hydrogen) atoms. The number of H-pyrrole nitrogens is 1. The molecule has 0 aliphatic heterocycles. The van der Waals surface area contributed by atoms with Crippen molar-refractivity contribution in [1.82, 2.24) is 9.97 Å². The molecule has 0 spiro atoms. The lowest BCUT2D eigenvalue weighted by Gasteiger charge is -2.02. The molecular formula is C7H7ClF3N3O3. The summed E-state index contributed by atoms with van der Waals surface area (Å²) in [5.41, 5.74) is -0.476. The van der Waals surface area contributed by atoms with Crippen LogP contribution in [0.4, 0.5) is 19.0 Å². The maximum absolute atomic E-state index is 12.3. The van der Waals surface area contributed by atoms with Gasteiger partial charge in [-0.25, -0.2) is 9.97 Å². The lowest BCUT2D eigenvalue weighted by molar-refractivity contribution is -0.390. The minimum Gasteiger partial charge on any atom is -0.391 e. The molecule has 0 radical (unpaired) electrons. The number of hydrogen-bond acceptors (Lipinski definition) is 4. The lowest BCUT2D eigenvalue weighted by Crippen LogP contribution is -2.13. The van der Waals surface area contributed by atoms with E-state index in [1.165, 1.54) is 0 Å². The number of rotatable bonds is 4. The normalized spacial score (nSPS) is 13.7. The van der Waals surface area contributed by atoms with Crippen molar-refractivity contribution in [2.75, 3.05) is 5.88 Å². The number of alkyl halides is 4. The van der Waals surface area contributed by atoms with Gasteiger partial charge in [0.25, 0.3) is 0 Å². The van der Waals surface area contributed by atoms with Crippen molar-refractivity contribution in [2.24, 2.45) is 0 Å². The van der Waals surface area contributed by atoms with Crippen LogP contribution in [0.25, 0.3) is 0 Å². The molecule has 0 amide bonds. The highest BCUT2D eigenvalue weighted by atomic mass is 35.5. The van der Waals surface area contributed by atoms with Crippen LogP contribution in [0, 0.1) is 10.1 Å². The molecule has 1 aromatic rings. The van der Waals surface area contributed by atoms with E-state index in [4.69, 9.17) is 16.7 Å². The van der Waals surface area contributed by atoms with Crippen molar-refractivity contribution in [1.29, 1.82) is 0 Å². The standard InChI is InChI=1S/C7H7ClF3N3O3/c8-2-3(15)1-4-5(14(16)17)13-6(12-4)7(9,10)11/h3,15H,1-2H2,(H,12,13)/t3-/m1/s1. The van der Waals surface area contributed by atoms with Gasteiger partial charge in [0.05, 0.1) is 6.10 Å². The molecule has 0 aromatic carbocycles. The Morgan fingerprint density at radius 2 is 2.18 bits per heavy atom. The third kappa shape index (κ3) is 3.30. The number of nitrogens with one attached hydrogen (secondary N) is 1. The second-order valence-electron chi connectivity index (χ2n) is 3.15. The first-order valence-electron chi connectivity index (χ1n) is 4.30. The van der Waals surface area contributed by atoms with Gasteiger partial charge >= 0.3 is 17.8 Å². The quantitative estimate of drug-likeness (QED) is 0.494. The van der Waals surface area contributed by atoms with E-state index < -0.39 is 41.0 Å². The van der Waals surface area contributed by atoms with Crippen LogP contribution in [0.5, 0.6) is 0 Å². The van der Waals surface area contributed by atoms with Gasteiger partial charge < -0.3 is 15.2 Å². The maximum Gasteiger partial charge on any atom is 0.473 e. The molecule has 0 saturated carbocycles. The van der Waals surface area contributed by atoms with E-state index in [0.29, 0.717) is 0 Å². The number of nitro groups is 1. The second kappa shape index (κ2) is 4.88. The molecule has 96 valence electrons. The van der Waals surface area contributed by atoms with Crippen molar-refractivity contribution in [3.8, 4) is 0 Å². The Morgan fingerprint density at radius 1 is 1.59 bits per heavy atom. The predicted octanol–water partition coefficient (Wildman–Crippen LogP) is 1.48. The predicted molar refractivity (Wildman–Crippen MR) is 50.7 cm³/mol. The zero-order chi connectivity index (χ0) is 13.2. The highest BCUT2D eigenvalue weighted by Gasteiger charge is 2.40. The first kappa shape index (κ1) is 13.7. The summed E-state index contributed by atoms with van der Waals surface area (Å²) in [7, 11) is 0. The molecular weight excluding hydrogens is 267 g/mol. The zero-order valence-corrected chi connectivity index (χ0v) is 8.92. The molecule has 0 aliphatic rings. The van der Waals surface area contributed by atoms with Crippen LogP contribution in [0.2, 0.25) is 0 Å². The van der Waals surface area contributed by atoms with Crippen molar-refractivity contribution < 1.29 is 23.2 Å². The fraction of sp³-hybridized carbons (Fsp3) is 0.571. The molecule has 6 nitrogen and oxygen atoms in total. The van der Waals surface area contributed by atoms with E-state index in [0.717, 1.165) is 0 Å². The van der Waals surface area contributed by atoms with E-state index in [2.05, 4.69) is 4.98 Å². The monoisotopic (exact) mass is 273 g/mol. The summed E-state index contributed by atoms with van der Waals surface area (Å²) in [6, 6.07) is 0. The fourth-order valence-corrected chi connectivity index (χ4v) is 1.21. The van der Waals surface area contributed by atoms with Crippen molar-refractivity contribution >= 4 is 17.4 Å².